The average Bonchev–Trinajstić information content (AvgIpc) is 3.11. The number of nitrogens with one attached hydrogen (secondary N) is 2. The van der Waals surface area contributed by atoms with Crippen LogP contribution in [0.25, 0.3) is 22.2 Å². The molecule has 1 fully saturated rings. The first kappa shape index (κ1) is 18.1. The fraction of sp³-hybridized carbons (Fsp3) is 0.263. The maximum Gasteiger partial charge on any atom is 0.416 e. The third-order valence-corrected chi connectivity index (χ3v) is 4.62. The van der Waals surface area contributed by atoms with E-state index in [4.69, 9.17) is 0 Å². The Kier molecular flexibility index (Phi) is 4.58. The maximum atomic E-state index is 12.8. The number of pyridine rings is 1. The normalized spacial score (nSPS) is 17.0. The molecule has 1 unspecified atom stereocenters. The highest BCUT2D eigenvalue weighted by Gasteiger charge is 2.30. The first-order valence-corrected chi connectivity index (χ1v) is 8.72. The summed E-state index contributed by atoms with van der Waals surface area (Å²) in [4.78, 5) is 24.4. The zero-order chi connectivity index (χ0) is 19.7. The number of hydrogen-bond acceptors (Lipinski definition) is 5. The van der Waals surface area contributed by atoms with Crippen LogP contribution in [0.5, 0.6) is 0 Å². The van der Waals surface area contributed by atoms with Gasteiger partial charge in [-0.2, -0.15) is 13.2 Å². The number of aromatic nitrogens is 3. The Morgan fingerprint density at radius 3 is 2.43 bits per heavy atom. The van der Waals surface area contributed by atoms with Gasteiger partial charge < -0.3 is 10.6 Å². The molecule has 28 heavy (non-hydrogen) atoms. The molecule has 1 aliphatic heterocycles. The lowest BCUT2D eigenvalue weighted by atomic mass is 10.0. The van der Waals surface area contributed by atoms with Gasteiger partial charge in [0.25, 0.3) is 0 Å². The van der Waals surface area contributed by atoms with E-state index in [-0.39, 0.29) is 11.9 Å². The number of amides is 1. The number of carbonyl (C=O) groups is 1. The maximum absolute atomic E-state index is 12.8. The molecule has 3 aromatic rings. The number of nitrogens with zero attached hydrogens (tertiary/aromatic N) is 3. The average molecular weight is 387 g/mol. The number of halogens is 3. The summed E-state index contributed by atoms with van der Waals surface area (Å²) in [6, 6.07) is 4.89. The molecule has 1 aromatic carbocycles. The molecule has 144 valence electrons. The highest BCUT2D eigenvalue weighted by molar-refractivity contribution is 5.96. The number of anilines is 1. The van der Waals surface area contributed by atoms with Crippen molar-refractivity contribution in [3.8, 4) is 11.1 Å². The van der Waals surface area contributed by atoms with Crippen LogP contribution < -0.4 is 10.6 Å². The molecular formula is C19H16F3N5O. The van der Waals surface area contributed by atoms with Crippen LogP contribution in [0.15, 0.2) is 42.9 Å². The standard InChI is InChI=1S/C19H16F3N5O/c20-19(21,22)12-3-1-11(2-4-12)14-10-26-18(17-16(14)23-7-8-24-17)25-9-13-5-6-15(28)27-13/h1-4,7-8,10,13H,5-6,9H2,(H,25,26)(H,27,28). The van der Waals surface area contributed by atoms with Gasteiger partial charge in [-0.15, -0.1) is 0 Å². The van der Waals surface area contributed by atoms with Crippen molar-refractivity contribution in [3.05, 3.63) is 48.4 Å². The van der Waals surface area contributed by atoms with Gasteiger partial charge >= 0.3 is 6.18 Å². The van der Waals surface area contributed by atoms with Gasteiger partial charge in [-0.25, -0.2) is 9.97 Å². The largest absolute Gasteiger partial charge is 0.416 e. The van der Waals surface area contributed by atoms with E-state index in [1.54, 1.807) is 6.20 Å². The summed E-state index contributed by atoms with van der Waals surface area (Å²) < 4.78 is 38.4. The number of carbonyl (C=O) groups excluding carboxylic acids is 1. The topological polar surface area (TPSA) is 79.8 Å². The zero-order valence-electron chi connectivity index (χ0n) is 14.6. The van der Waals surface area contributed by atoms with Gasteiger partial charge in [-0.05, 0) is 24.1 Å². The Labute approximate surface area is 158 Å². The fourth-order valence-corrected chi connectivity index (χ4v) is 3.19. The molecule has 1 amide bonds. The summed E-state index contributed by atoms with van der Waals surface area (Å²) in [7, 11) is 0. The van der Waals surface area contributed by atoms with Crippen molar-refractivity contribution in [1.82, 2.24) is 20.3 Å². The number of hydrogen-bond donors (Lipinski definition) is 2. The van der Waals surface area contributed by atoms with Crippen LogP contribution >= 0.6 is 0 Å². The minimum absolute atomic E-state index is 0.0237. The molecule has 6 nitrogen and oxygen atoms in total. The monoisotopic (exact) mass is 387 g/mol. The fourth-order valence-electron chi connectivity index (χ4n) is 3.19. The van der Waals surface area contributed by atoms with Crippen LogP contribution in [-0.2, 0) is 11.0 Å². The van der Waals surface area contributed by atoms with E-state index in [1.807, 2.05) is 0 Å². The third kappa shape index (κ3) is 3.60. The van der Waals surface area contributed by atoms with Crippen molar-refractivity contribution in [2.24, 2.45) is 0 Å². The van der Waals surface area contributed by atoms with Crippen molar-refractivity contribution in [3.63, 3.8) is 0 Å². The highest BCUT2D eigenvalue weighted by Crippen LogP contribution is 2.33. The minimum atomic E-state index is -4.39. The summed E-state index contributed by atoms with van der Waals surface area (Å²) in [5.74, 6) is 0.543. The van der Waals surface area contributed by atoms with Gasteiger partial charge in [0.15, 0.2) is 5.82 Å². The molecule has 0 radical (unpaired) electrons. The van der Waals surface area contributed by atoms with E-state index in [9.17, 15) is 18.0 Å². The van der Waals surface area contributed by atoms with Gasteiger partial charge in [0.05, 0.1) is 5.56 Å². The first-order valence-electron chi connectivity index (χ1n) is 8.72. The van der Waals surface area contributed by atoms with Crippen LogP contribution in [0.1, 0.15) is 18.4 Å². The van der Waals surface area contributed by atoms with Crippen molar-refractivity contribution in [2.75, 3.05) is 11.9 Å². The quantitative estimate of drug-likeness (QED) is 0.717. The first-order chi connectivity index (χ1) is 13.4. The van der Waals surface area contributed by atoms with E-state index in [2.05, 4.69) is 25.6 Å². The number of alkyl halides is 3. The molecule has 2 aromatic heterocycles. The molecule has 1 saturated heterocycles. The van der Waals surface area contributed by atoms with Crippen LogP contribution in [-0.4, -0.2) is 33.4 Å². The van der Waals surface area contributed by atoms with E-state index >= 15 is 0 Å². The predicted octanol–water partition coefficient (Wildman–Crippen LogP) is 3.40. The van der Waals surface area contributed by atoms with Crippen LogP contribution in [0.3, 0.4) is 0 Å². The van der Waals surface area contributed by atoms with Crippen molar-refractivity contribution in [2.45, 2.75) is 25.1 Å². The Hall–Kier alpha value is -3.23. The van der Waals surface area contributed by atoms with E-state index < -0.39 is 11.7 Å². The Bertz CT molecular complexity index is 1020. The van der Waals surface area contributed by atoms with E-state index in [0.29, 0.717) is 40.9 Å². The van der Waals surface area contributed by atoms with Crippen molar-refractivity contribution in [1.29, 1.82) is 0 Å². The lowest BCUT2D eigenvalue weighted by Crippen LogP contribution is -2.32. The molecule has 0 saturated carbocycles. The van der Waals surface area contributed by atoms with Crippen molar-refractivity contribution >= 4 is 22.8 Å². The lowest BCUT2D eigenvalue weighted by Gasteiger charge is -2.14. The molecule has 2 N–H and O–H groups in total. The second-order valence-electron chi connectivity index (χ2n) is 6.53. The second kappa shape index (κ2) is 7.06. The second-order valence-corrected chi connectivity index (χ2v) is 6.53. The Morgan fingerprint density at radius 2 is 1.79 bits per heavy atom. The Balaban J connectivity index is 1.65. The van der Waals surface area contributed by atoms with E-state index in [1.165, 1.54) is 24.5 Å². The molecule has 0 aliphatic carbocycles. The molecular weight excluding hydrogens is 371 g/mol. The molecule has 0 bridgehead atoms. The number of benzene rings is 1. The molecule has 1 aliphatic rings. The van der Waals surface area contributed by atoms with Crippen LogP contribution in [0.4, 0.5) is 19.0 Å². The summed E-state index contributed by atoms with van der Waals surface area (Å²) in [6.07, 6.45) is 1.49. The SMILES string of the molecule is O=C1CCC(CNc2ncc(-c3ccc(C(F)(F)F)cc3)c3nccnc23)N1. The molecule has 1 atom stereocenters. The molecule has 3 heterocycles. The van der Waals surface area contributed by atoms with Crippen molar-refractivity contribution < 1.29 is 18.0 Å². The highest BCUT2D eigenvalue weighted by atomic mass is 19.4. The van der Waals surface area contributed by atoms with Gasteiger partial charge in [-0.1, -0.05) is 12.1 Å². The van der Waals surface area contributed by atoms with Gasteiger partial charge in [0, 0.05) is 43.2 Å². The Morgan fingerprint density at radius 1 is 1.07 bits per heavy atom. The predicted molar refractivity (Wildman–Crippen MR) is 97.4 cm³/mol. The minimum Gasteiger partial charge on any atom is -0.366 e. The van der Waals surface area contributed by atoms with Crippen LogP contribution in [0.2, 0.25) is 0 Å². The lowest BCUT2D eigenvalue weighted by molar-refractivity contribution is -0.137. The summed E-state index contributed by atoms with van der Waals surface area (Å²) >= 11 is 0. The molecule has 9 heteroatoms. The zero-order valence-corrected chi connectivity index (χ0v) is 14.6. The van der Waals surface area contributed by atoms with Gasteiger partial charge in [0.1, 0.15) is 11.0 Å². The number of rotatable bonds is 4. The smallest absolute Gasteiger partial charge is 0.366 e. The third-order valence-electron chi connectivity index (χ3n) is 4.62. The van der Waals surface area contributed by atoms with Gasteiger partial charge in [0.2, 0.25) is 5.91 Å². The summed E-state index contributed by atoms with van der Waals surface area (Å²) in [6.45, 7) is 0.504. The summed E-state index contributed by atoms with van der Waals surface area (Å²) in [5.41, 5.74) is 1.51. The molecule has 4 rings (SSSR count). The molecule has 0 spiro atoms. The van der Waals surface area contributed by atoms with E-state index in [0.717, 1.165) is 18.6 Å². The van der Waals surface area contributed by atoms with Crippen LogP contribution in [0, 0.1) is 0 Å². The van der Waals surface area contributed by atoms with Gasteiger partial charge in [-0.3, -0.25) is 9.78 Å². The number of fused-ring (bicyclic) bond motifs is 1. The summed E-state index contributed by atoms with van der Waals surface area (Å²) in [5, 5.41) is 6.05.